The fourth-order valence-corrected chi connectivity index (χ4v) is 4.28. The predicted octanol–water partition coefficient (Wildman–Crippen LogP) is 2.31. The Hall–Kier alpha value is -2.60. The maximum absolute atomic E-state index is 12.3. The summed E-state index contributed by atoms with van der Waals surface area (Å²) in [7, 11) is -3.95. The molecule has 1 aromatic heterocycles. The second kappa shape index (κ2) is 9.04. The number of aromatic nitrogens is 2. The van der Waals surface area contributed by atoms with Gasteiger partial charge >= 0.3 is 6.36 Å². The lowest BCUT2D eigenvalue weighted by Crippen LogP contribution is -2.40. The molecule has 0 saturated carbocycles. The monoisotopic (exact) mass is 446 g/mol. The van der Waals surface area contributed by atoms with Gasteiger partial charge in [0.2, 0.25) is 15.9 Å². The van der Waals surface area contributed by atoms with Gasteiger partial charge in [0.05, 0.1) is 11.2 Å². The third-order valence-electron chi connectivity index (χ3n) is 4.76. The number of imidazole rings is 1. The van der Waals surface area contributed by atoms with Crippen LogP contribution in [-0.2, 0) is 14.8 Å². The number of nitrogens with one attached hydrogen (secondary N) is 1. The first-order valence-corrected chi connectivity index (χ1v) is 10.7. The molecule has 1 aliphatic rings. The van der Waals surface area contributed by atoms with Crippen molar-refractivity contribution < 1.29 is 31.1 Å². The second-order valence-electron chi connectivity index (χ2n) is 6.79. The van der Waals surface area contributed by atoms with Crippen molar-refractivity contribution in [1.29, 1.82) is 0 Å². The van der Waals surface area contributed by atoms with Gasteiger partial charge in [0.15, 0.2) is 0 Å². The number of carbonyl (C=O) groups is 1. The van der Waals surface area contributed by atoms with Gasteiger partial charge in [-0.25, -0.2) is 18.1 Å². The molecule has 1 aliphatic heterocycles. The van der Waals surface area contributed by atoms with Gasteiger partial charge in [-0.3, -0.25) is 4.79 Å². The number of nitrogens with zero attached hydrogens (tertiary/aromatic N) is 3. The van der Waals surface area contributed by atoms with E-state index in [4.69, 9.17) is 0 Å². The van der Waals surface area contributed by atoms with Gasteiger partial charge in [-0.1, -0.05) is 0 Å². The number of amides is 1. The highest BCUT2D eigenvalue weighted by molar-refractivity contribution is 7.89. The number of piperidine rings is 1. The van der Waals surface area contributed by atoms with Crippen molar-refractivity contribution in [2.75, 3.05) is 19.6 Å². The predicted molar refractivity (Wildman–Crippen MR) is 100 cm³/mol. The summed E-state index contributed by atoms with van der Waals surface area (Å²) in [6, 6.07) is 4.13. The summed E-state index contributed by atoms with van der Waals surface area (Å²) in [4.78, 5) is 17.8. The van der Waals surface area contributed by atoms with Crippen molar-refractivity contribution in [2.45, 2.75) is 36.6 Å². The first-order valence-electron chi connectivity index (χ1n) is 9.25. The van der Waals surface area contributed by atoms with Crippen LogP contribution in [0.3, 0.4) is 0 Å². The molecule has 0 atom stereocenters. The minimum absolute atomic E-state index is 0.00968. The summed E-state index contributed by atoms with van der Waals surface area (Å²) < 4.78 is 69.0. The summed E-state index contributed by atoms with van der Waals surface area (Å²) in [5.74, 6) is -0.675. The molecule has 8 nitrogen and oxygen atoms in total. The summed E-state index contributed by atoms with van der Waals surface area (Å²) in [5.41, 5.74) is 0. The Bertz CT molecular complexity index is 939. The van der Waals surface area contributed by atoms with Gasteiger partial charge in [0.25, 0.3) is 0 Å². The zero-order chi connectivity index (χ0) is 21.8. The standard InChI is InChI=1S/C18H21F3N4O4S/c19-18(20,21)29-15-1-3-16(4-2-15)30(27,28)23-8-5-17(26)24-10-6-14(7-11-24)25-12-9-22-13-25/h1-4,9,12-14,23H,5-8,10-11H2. The Labute approximate surface area is 171 Å². The number of hydrogen-bond acceptors (Lipinski definition) is 5. The number of sulfonamides is 1. The third-order valence-corrected chi connectivity index (χ3v) is 6.24. The molecule has 0 radical (unpaired) electrons. The molecule has 0 spiro atoms. The van der Waals surface area contributed by atoms with E-state index in [1.807, 2.05) is 10.8 Å². The van der Waals surface area contributed by atoms with E-state index in [9.17, 15) is 26.4 Å². The molecular formula is C18H21F3N4O4S. The van der Waals surface area contributed by atoms with Crippen LogP contribution < -0.4 is 9.46 Å². The SMILES string of the molecule is O=C(CCNS(=O)(=O)c1ccc(OC(F)(F)F)cc1)N1CCC(n2ccnc2)CC1. The minimum Gasteiger partial charge on any atom is -0.406 e. The fraction of sp³-hybridized carbons (Fsp3) is 0.444. The fourth-order valence-electron chi connectivity index (χ4n) is 3.25. The number of likely N-dealkylation sites (tertiary alicyclic amines) is 1. The zero-order valence-electron chi connectivity index (χ0n) is 15.9. The Kier molecular flexibility index (Phi) is 6.66. The van der Waals surface area contributed by atoms with E-state index in [0.29, 0.717) is 19.1 Å². The lowest BCUT2D eigenvalue weighted by atomic mass is 10.0. The van der Waals surface area contributed by atoms with Crippen molar-refractivity contribution in [3.05, 3.63) is 43.0 Å². The number of halogens is 3. The third kappa shape index (κ3) is 5.95. The smallest absolute Gasteiger partial charge is 0.406 e. The molecule has 1 saturated heterocycles. The van der Waals surface area contributed by atoms with Crippen LogP contribution in [0.1, 0.15) is 25.3 Å². The molecule has 0 unspecified atom stereocenters. The van der Waals surface area contributed by atoms with Gasteiger partial charge in [-0.15, -0.1) is 13.2 Å². The second-order valence-corrected chi connectivity index (χ2v) is 8.56. The Morgan fingerprint density at radius 3 is 2.43 bits per heavy atom. The van der Waals surface area contributed by atoms with Crippen molar-refractivity contribution in [2.24, 2.45) is 0 Å². The van der Waals surface area contributed by atoms with E-state index < -0.39 is 22.1 Å². The van der Waals surface area contributed by atoms with Crippen molar-refractivity contribution in [3.8, 4) is 5.75 Å². The molecule has 0 bridgehead atoms. The average molecular weight is 446 g/mol. The van der Waals surface area contributed by atoms with Crippen molar-refractivity contribution in [3.63, 3.8) is 0 Å². The summed E-state index contributed by atoms with van der Waals surface area (Å²) >= 11 is 0. The average Bonchev–Trinajstić information content (AvgIpc) is 3.22. The summed E-state index contributed by atoms with van der Waals surface area (Å²) in [6.45, 7) is 1.05. The normalized spacial score (nSPS) is 15.9. The van der Waals surface area contributed by atoms with Crippen molar-refractivity contribution in [1.82, 2.24) is 19.2 Å². The molecule has 1 amide bonds. The topological polar surface area (TPSA) is 93.5 Å². The van der Waals surface area contributed by atoms with Gasteiger partial charge in [-0.05, 0) is 37.1 Å². The zero-order valence-corrected chi connectivity index (χ0v) is 16.7. The molecule has 1 fully saturated rings. The molecule has 1 N–H and O–H groups in total. The highest BCUT2D eigenvalue weighted by atomic mass is 32.2. The molecule has 1 aromatic carbocycles. The highest BCUT2D eigenvalue weighted by Crippen LogP contribution is 2.24. The largest absolute Gasteiger partial charge is 0.573 e. The first-order chi connectivity index (χ1) is 14.1. The number of rotatable bonds is 7. The number of benzene rings is 1. The van der Waals surface area contributed by atoms with E-state index in [-0.39, 0.29) is 23.8 Å². The Morgan fingerprint density at radius 2 is 1.87 bits per heavy atom. The van der Waals surface area contributed by atoms with E-state index in [1.54, 1.807) is 17.4 Å². The lowest BCUT2D eigenvalue weighted by Gasteiger charge is -2.32. The maximum atomic E-state index is 12.3. The molecule has 164 valence electrons. The van der Waals surface area contributed by atoms with E-state index in [2.05, 4.69) is 14.4 Å². The van der Waals surface area contributed by atoms with Crippen molar-refractivity contribution >= 4 is 15.9 Å². The van der Waals surface area contributed by atoms with Gasteiger partial charge in [0.1, 0.15) is 5.75 Å². The molecule has 0 aliphatic carbocycles. The lowest BCUT2D eigenvalue weighted by molar-refractivity contribution is -0.274. The van der Waals surface area contributed by atoms with Gasteiger partial charge in [0, 0.05) is 44.5 Å². The minimum atomic E-state index is -4.85. The molecular weight excluding hydrogens is 425 g/mol. The molecule has 3 rings (SSSR count). The van der Waals surface area contributed by atoms with Crippen LogP contribution >= 0.6 is 0 Å². The maximum Gasteiger partial charge on any atom is 0.573 e. The van der Waals surface area contributed by atoms with Crippen LogP contribution in [0.2, 0.25) is 0 Å². The Morgan fingerprint density at radius 1 is 1.20 bits per heavy atom. The Balaban J connectivity index is 1.45. The molecule has 2 aromatic rings. The summed E-state index contributed by atoms with van der Waals surface area (Å²) in [6.07, 6.45) is 2.06. The van der Waals surface area contributed by atoms with Crippen LogP contribution in [0.15, 0.2) is 47.9 Å². The van der Waals surface area contributed by atoms with Crippen LogP contribution in [-0.4, -0.2) is 54.8 Å². The molecule has 30 heavy (non-hydrogen) atoms. The van der Waals surface area contributed by atoms with Gasteiger partial charge < -0.3 is 14.2 Å². The quantitative estimate of drug-likeness (QED) is 0.705. The highest BCUT2D eigenvalue weighted by Gasteiger charge is 2.31. The molecule has 12 heteroatoms. The number of ether oxygens (including phenoxy) is 1. The van der Waals surface area contributed by atoms with Crippen LogP contribution in [0.25, 0.3) is 0 Å². The van der Waals surface area contributed by atoms with Crippen LogP contribution in [0.5, 0.6) is 5.75 Å². The number of hydrogen-bond donors (Lipinski definition) is 1. The van der Waals surface area contributed by atoms with E-state index >= 15 is 0 Å². The number of carbonyl (C=O) groups excluding carboxylic acids is 1. The summed E-state index contributed by atoms with van der Waals surface area (Å²) in [5, 5.41) is 0. The van der Waals surface area contributed by atoms with Crippen LogP contribution in [0, 0.1) is 0 Å². The molecule has 2 heterocycles. The number of alkyl halides is 3. The van der Waals surface area contributed by atoms with E-state index in [0.717, 1.165) is 37.1 Å². The van der Waals surface area contributed by atoms with Gasteiger partial charge in [-0.2, -0.15) is 0 Å². The first kappa shape index (κ1) is 22.1. The van der Waals surface area contributed by atoms with Crippen LogP contribution in [0.4, 0.5) is 13.2 Å². The van der Waals surface area contributed by atoms with E-state index in [1.165, 1.54) is 0 Å².